The Kier molecular flexibility index (Phi) is 7.90. The number of nitro benzene ring substituents is 2. The van der Waals surface area contributed by atoms with Crippen LogP contribution >= 0.6 is 0 Å². The van der Waals surface area contributed by atoms with Gasteiger partial charge in [-0.1, -0.05) is 30.3 Å². The van der Waals surface area contributed by atoms with Gasteiger partial charge in [0.05, 0.1) is 21.0 Å². The molecule has 2 amide bonds. The summed E-state index contributed by atoms with van der Waals surface area (Å²) in [6, 6.07) is 16.5. The van der Waals surface area contributed by atoms with Gasteiger partial charge in [-0.05, 0) is 36.8 Å². The number of para-hydroxylation sites is 2. The molecule has 0 spiro atoms. The summed E-state index contributed by atoms with van der Waals surface area (Å²) in [5.41, 5.74) is 1.28. The second kappa shape index (κ2) is 11.2. The van der Waals surface area contributed by atoms with Crippen molar-refractivity contribution in [1.82, 2.24) is 0 Å². The molecule has 0 aromatic heterocycles. The number of ether oxygens (including phenoxy) is 2. The third-order valence-corrected chi connectivity index (χ3v) is 4.90. The molecular weight excluding hydrogens is 460 g/mol. The molecule has 0 aliphatic heterocycles. The number of nitrogens with zero attached hydrogens (tertiary/aromatic N) is 2. The van der Waals surface area contributed by atoms with Crippen molar-refractivity contribution in [3.63, 3.8) is 0 Å². The van der Waals surface area contributed by atoms with Crippen LogP contribution < -0.4 is 10.6 Å². The van der Waals surface area contributed by atoms with Gasteiger partial charge in [-0.25, -0.2) is 9.59 Å². The molecule has 0 aliphatic rings. The van der Waals surface area contributed by atoms with Crippen LogP contribution in [0.5, 0.6) is 0 Å². The quantitative estimate of drug-likeness (QED) is 0.324. The largest absolute Gasteiger partial charge is 0.444 e. The minimum Gasteiger partial charge on any atom is -0.444 e. The first-order chi connectivity index (χ1) is 16.8. The zero-order valence-electron chi connectivity index (χ0n) is 18.4. The van der Waals surface area contributed by atoms with Crippen molar-refractivity contribution < 1.29 is 28.9 Å². The minimum absolute atomic E-state index is 0.165. The Labute approximate surface area is 198 Å². The maximum atomic E-state index is 12.2. The first-order valence-corrected chi connectivity index (χ1v) is 10.2. The van der Waals surface area contributed by atoms with Crippen molar-refractivity contribution in [3.05, 3.63) is 104 Å². The number of benzene rings is 3. The van der Waals surface area contributed by atoms with E-state index in [0.717, 1.165) is 0 Å². The van der Waals surface area contributed by atoms with Crippen LogP contribution in [0.1, 0.15) is 16.7 Å². The Morgan fingerprint density at radius 1 is 0.714 bits per heavy atom. The van der Waals surface area contributed by atoms with Crippen LogP contribution in [0.2, 0.25) is 0 Å². The smallest absolute Gasteiger partial charge is 0.411 e. The molecule has 0 fully saturated rings. The summed E-state index contributed by atoms with van der Waals surface area (Å²) in [7, 11) is 0. The van der Waals surface area contributed by atoms with Crippen LogP contribution in [0.3, 0.4) is 0 Å². The minimum atomic E-state index is -0.845. The maximum Gasteiger partial charge on any atom is 0.411 e. The summed E-state index contributed by atoms with van der Waals surface area (Å²) >= 11 is 0. The van der Waals surface area contributed by atoms with E-state index in [1.54, 1.807) is 37.3 Å². The van der Waals surface area contributed by atoms with E-state index in [2.05, 4.69) is 10.6 Å². The number of rotatable bonds is 8. The summed E-state index contributed by atoms with van der Waals surface area (Å²) in [4.78, 5) is 45.5. The number of carbonyl (C=O) groups excluding carboxylic acids is 2. The van der Waals surface area contributed by atoms with Gasteiger partial charge in [0.2, 0.25) is 0 Å². The van der Waals surface area contributed by atoms with E-state index < -0.39 is 22.0 Å². The molecule has 0 saturated carbocycles. The van der Waals surface area contributed by atoms with Crippen molar-refractivity contribution in [2.24, 2.45) is 0 Å². The zero-order valence-corrected chi connectivity index (χ0v) is 18.4. The van der Waals surface area contributed by atoms with Crippen molar-refractivity contribution in [3.8, 4) is 0 Å². The molecule has 3 aromatic rings. The van der Waals surface area contributed by atoms with Crippen LogP contribution in [-0.4, -0.2) is 22.0 Å². The fraction of sp³-hybridized carbons (Fsp3) is 0.130. The van der Waals surface area contributed by atoms with Gasteiger partial charge in [0, 0.05) is 23.5 Å². The molecular formula is C23H20N4O8. The Balaban J connectivity index is 1.59. The van der Waals surface area contributed by atoms with Gasteiger partial charge in [-0.15, -0.1) is 0 Å². The van der Waals surface area contributed by atoms with Crippen LogP contribution in [-0.2, 0) is 22.7 Å². The number of anilines is 2. The van der Waals surface area contributed by atoms with E-state index in [0.29, 0.717) is 16.9 Å². The third-order valence-electron chi connectivity index (χ3n) is 4.90. The SMILES string of the molecule is Cc1c(NC(=O)OCc2ccccc2[N+](=O)[O-])cccc1NC(=O)OCc1ccccc1[N+](=O)[O-]. The van der Waals surface area contributed by atoms with Gasteiger partial charge >= 0.3 is 12.2 Å². The molecule has 12 nitrogen and oxygen atoms in total. The summed E-state index contributed by atoms with van der Waals surface area (Å²) in [5.74, 6) is 0. The second-order valence-corrected chi connectivity index (χ2v) is 7.15. The van der Waals surface area contributed by atoms with Gasteiger partial charge < -0.3 is 9.47 Å². The maximum absolute atomic E-state index is 12.2. The average Bonchev–Trinajstić information content (AvgIpc) is 2.84. The first-order valence-electron chi connectivity index (χ1n) is 10.2. The van der Waals surface area contributed by atoms with Gasteiger partial charge in [0.1, 0.15) is 13.2 Å². The molecule has 2 N–H and O–H groups in total. The van der Waals surface area contributed by atoms with Gasteiger partial charge in [-0.2, -0.15) is 0 Å². The number of nitrogens with one attached hydrogen (secondary N) is 2. The van der Waals surface area contributed by atoms with Crippen LogP contribution in [0.4, 0.5) is 32.3 Å². The molecule has 3 aromatic carbocycles. The summed E-state index contributed by atoms with van der Waals surface area (Å²) in [6.07, 6.45) is -1.69. The Hall–Kier alpha value is -5.00. The van der Waals surface area contributed by atoms with Crippen LogP contribution in [0, 0.1) is 27.2 Å². The fourth-order valence-electron chi connectivity index (χ4n) is 3.11. The fourth-order valence-corrected chi connectivity index (χ4v) is 3.11. The highest BCUT2D eigenvalue weighted by Gasteiger charge is 2.17. The molecule has 0 saturated heterocycles. The lowest BCUT2D eigenvalue weighted by Crippen LogP contribution is -2.17. The van der Waals surface area contributed by atoms with E-state index in [-0.39, 0.29) is 35.7 Å². The van der Waals surface area contributed by atoms with E-state index >= 15 is 0 Å². The Morgan fingerprint density at radius 2 is 1.11 bits per heavy atom. The van der Waals surface area contributed by atoms with Gasteiger partial charge in [0.25, 0.3) is 11.4 Å². The lowest BCUT2D eigenvalue weighted by Gasteiger charge is -2.14. The average molecular weight is 480 g/mol. The predicted octanol–water partition coefficient (Wildman–Crippen LogP) is 5.31. The van der Waals surface area contributed by atoms with Crippen molar-refractivity contribution in [2.75, 3.05) is 10.6 Å². The number of nitro groups is 2. The summed E-state index contributed by atoms with van der Waals surface area (Å²) in [6.45, 7) is 1.02. The number of carbonyl (C=O) groups is 2. The molecule has 3 rings (SSSR count). The van der Waals surface area contributed by atoms with E-state index in [4.69, 9.17) is 9.47 Å². The van der Waals surface area contributed by atoms with Crippen molar-refractivity contribution >= 4 is 34.9 Å². The van der Waals surface area contributed by atoms with Crippen molar-refractivity contribution in [2.45, 2.75) is 20.1 Å². The number of hydrogen-bond acceptors (Lipinski definition) is 8. The highest BCUT2D eigenvalue weighted by molar-refractivity contribution is 5.91. The summed E-state index contributed by atoms with van der Waals surface area (Å²) < 4.78 is 10.2. The predicted molar refractivity (Wildman–Crippen MR) is 125 cm³/mol. The van der Waals surface area contributed by atoms with E-state index in [1.807, 2.05) is 0 Å². The highest BCUT2D eigenvalue weighted by Crippen LogP contribution is 2.25. The van der Waals surface area contributed by atoms with Gasteiger partial charge in [-0.3, -0.25) is 30.9 Å². The molecule has 0 heterocycles. The third kappa shape index (κ3) is 6.51. The topological polar surface area (TPSA) is 163 Å². The molecule has 0 radical (unpaired) electrons. The van der Waals surface area contributed by atoms with Crippen LogP contribution in [0.25, 0.3) is 0 Å². The molecule has 0 unspecified atom stereocenters. The number of hydrogen-bond donors (Lipinski definition) is 2. The normalized spacial score (nSPS) is 10.2. The molecule has 12 heteroatoms. The zero-order chi connectivity index (χ0) is 25.4. The lowest BCUT2D eigenvalue weighted by atomic mass is 10.1. The molecule has 35 heavy (non-hydrogen) atoms. The van der Waals surface area contributed by atoms with Crippen LogP contribution in [0.15, 0.2) is 66.7 Å². The Morgan fingerprint density at radius 3 is 1.51 bits per heavy atom. The van der Waals surface area contributed by atoms with Crippen molar-refractivity contribution in [1.29, 1.82) is 0 Å². The summed E-state index contributed by atoms with van der Waals surface area (Å²) in [5, 5.41) is 27.2. The monoisotopic (exact) mass is 480 g/mol. The molecule has 0 aliphatic carbocycles. The molecule has 0 bridgehead atoms. The first kappa shape index (κ1) is 24.6. The lowest BCUT2D eigenvalue weighted by molar-refractivity contribution is -0.386. The molecule has 180 valence electrons. The molecule has 0 atom stereocenters. The Bertz CT molecular complexity index is 1180. The highest BCUT2D eigenvalue weighted by atomic mass is 16.6. The van der Waals surface area contributed by atoms with E-state index in [1.165, 1.54) is 36.4 Å². The van der Waals surface area contributed by atoms with Gasteiger partial charge in [0.15, 0.2) is 0 Å². The standard InChI is InChI=1S/C23H20N4O8/c1-15-18(24-22(28)34-13-16-7-2-4-11-20(16)26(30)31)9-6-10-19(15)25-23(29)35-14-17-8-3-5-12-21(17)27(32)33/h2-12H,13-14H2,1H3,(H,24,28)(H,25,29). The second-order valence-electron chi connectivity index (χ2n) is 7.15. The number of amides is 2. The van der Waals surface area contributed by atoms with E-state index in [9.17, 15) is 29.8 Å².